The first-order chi connectivity index (χ1) is 13.0. The molecule has 0 aliphatic rings. The van der Waals surface area contributed by atoms with Crippen molar-refractivity contribution in [1.29, 1.82) is 0 Å². The van der Waals surface area contributed by atoms with Gasteiger partial charge in [-0.1, -0.05) is 47.7 Å². The van der Waals surface area contributed by atoms with E-state index in [4.69, 9.17) is 4.98 Å². The van der Waals surface area contributed by atoms with Crippen molar-refractivity contribution >= 4 is 28.7 Å². The Kier molecular flexibility index (Phi) is 4.37. The van der Waals surface area contributed by atoms with Gasteiger partial charge in [-0.25, -0.2) is 4.98 Å². The standard InChI is InChI=1S/C20H18N4O2S/c1-13-8-9-16-21-18(15-6-4-3-5-7-15)19(24(16)10-13)22-17(25)11-23-14(2)12-27-20(23)26/h3-10,12H,11H2,1-2H3,(H,22,25). The van der Waals surface area contributed by atoms with Crippen LogP contribution in [0.15, 0.2) is 58.8 Å². The Labute approximate surface area is 159 Å². The molecule has 27 heavy (non-hydrogen) atoms. The number of thiazole rings is 1. The number of aromatic nitrogens is 3. The minimum atomic E-state index is -0.265. The molecule has 4 rings (SSSR count). The normalized spacial score (nSPS) is 11.0. The number of imidazole rings is 1. The van der Waals surface area contributed by atoms with E-state index >= 15 is 0 Å². The number of pyridine rings is 1. The van der Waals surface area contributed by atoms with E-state index in [2.05, 4.69) is 5.32 Å². The Morgan fingerprint density at radius 3 is 2.63 bits per heavy atom. The van der Waals surface area contributed by atoms with Crippen LogP contribution >= 0.6 is 11.3 Å². The van der Waals surface area contributed by atoms with E-state index in [1.54, 1.807) is 5.38 Å². The highest BCUT2D eigenvalue weighted by Gasteiger charge is 2.17. The van der Waals surface area contributed by atoms with Crippen LogP contribution < -0.4 is 10.2 Å². The van der Waals surface area contributed by atoms with E-state index in [9.17, 15) is 9.59 Å². The summed E-state index contributed by atoms with van der Waals surface area (Å²) >= 11 is 1.10. The zero-order valence-corrected chi connectivity index (χ0v) is 15.8. The Morgan fingerprint density at radius 2 is 1.93 bits per heavy atom. The molecule has 6 nitrogen and oxygen atoms in total. The van der Waals surface area contributed by atoms with E-state index in [0.717, 1.165) is 33.8 Å². The second-order valence-corrected chi connectivity index (χ2v) is 7.21. The average Bonchev–Trinajstić information content (AvgIpc) is 3.17. The molecule has 0 spiro atoms. The number of rotatable bonds is 4. The van der Waals surface area contributed by atoms with Crippen LogP contribution in [0, 0.1) is 13.8 Å². The summed E-state index contributed by atoms with van der Waals surface area (Å²) in [5, 5.41) is 4.71. The molecule has 0 saturated heterocycles. The minimum Gasteiger partial charge on any atom is -0.308 e. The number of aryl methyl sites for hydroxylation is 2. The summed E-state index contributed by atoms with van der Waals surface area (Å²) in [6, 6.07) is 13.6. The van der Waals surface area contributed by atoms with Crippen molar-refractivity contribution in [3.63, 3.8) is 0 Å². The van der Waals surface area contributed by atoms with Crippen LogP contribution in [0.2, 0.25) is 0 Å². The number of carbonyl (C=O) groups excluding carboxylic acids is 1. The van der Waals surface area contributed by atoms with Crippen LogP contribution in [0.3, 0.4) is 0 Å². The largest absolute Gasteiger partial charge is 0.308 e. The van der Waals surface area contributed by atoms with Crippen molar-refractivity contribution in [2.75, 3.05) is 5.32 Å². The summed E-state index contributed by atoms with van der Waals surface area (Å²) in [4.78, 5) is 29.1. The molecule has 136 valence electrons. The highest BCUT2D eigenvalue weighted by molar-refractivity contribution is 7.07. The topological polar surface area (TPSA) is 68.4 Å². The lowest BCUT2D eigenvalue weighted by atomic mass is 10.1. The van der Waals surface area contributed by atoms with E-state index in [1.165, 1.54) is 4.57 Å². The fourth-order valence-corrected chi connectivity index (χ4v) is 3.71. The molecule has 0 aliphatic carbocycles. The number of hydrogen-bond acceptors (Lipinski definition) is 4. The van der Waals surface area contributed by atoms with Crippen molar-refractivity contribution in [2.24, 2.45) is 0 Å². The van der Waals surface area contributed by atoms with E-state index in [0.29, 0.717) is 11.5 Å². The third-order valence-corrected chi connectivity index (χ3v) is 5.23. The molecule has 4 aromatic rings. The second-order valence-electron chi connectivity index (χ2n) is 6.39. The van der Waals surface area contributed by atoms with Crippen LogP contribution in [0.4, 0.5) is 5.82 Å². The lowest BCUT2D eigenvalue weighted by Crippen LogP contribution is -2.25. The number of anilines is 1. The minimum absolute atomic E-state index is 0.0263. The number of hydrogen-bond donors (Lipinski definition) is 1. The van der Waals surface area contributed by atoms with E-state index in [1.807, 2.05) is 66.9 Å². The van der Waals surface area contributed by atoms with Crippen molar-refractivity contribution < 1.29 is 4.79 Å². The zero-order chi connectivity index (χ0) is 19.0. The van der Waals surface area contributed by atoms with Crippen molar-refractivity contribution in [3.8, 4) is 11.3 Å². The van der Waals surface area contributed by atoms with Gasteiger partial charge in [-0.2, -0.15) is 0 Å². The maximum Gasteiger partial charge on any atom is 0.307 e. The van der Waals surface area contributed by atoms with Gasteiger partial charge >= 0.3 is 4.87 Å². The molecular weight excluding hydrogens is 360 g/mol. The van der Waals surface area contributed by atoms with Crippen molar-refractivity contribution in [2.45, 2.75) is 20.4 Å². The van der Waals surface area contributed by atoms with E-state index in [-0.39, 0.29) is 17.3 Å². The molecule has 0 aliphatic heterocycles. The van der Waals surface area contributed by atoms with Gasteiger partial charge in [0, 0.05) is 22.8 Å². The quantitative estimate of drug-likeness (QED) is 0.591. The Bertz CT molecular complexity index is 1190. The first kappa shape index (κ1) is 17.2. The smallest absolute Gasteiger partial charge is 0.307 e. The summed E-state index contributed by atoms with van der Waals surface area (Å²) in [6.07, 6.45) is 1.94. The number of benzene rings is 1. The summed E-state index contributed by atoms with van der Waals surface area (Å²) < 4.78 is 3.34. The van der Waals surface area contributed by atoms with Gasteiger partial charge in [-0.3, -0.25) is 18.6 Å². The van der Waals surface area contributed by atoms with Crippen LogP contribution in [0.25, 0.3) is 16.9 Å². The molecule has 1 aromatic carbocycles. The third kappa shape index (κ3) is 3.29. The van der Waals surface area contributed by atoms with Gasteiger partial charge in [0.05, 0.1) is 0 Å². The van der Waals surface area contributed by atoms with Crippen molar-refractivity contribution in [1.82, 2.24) is 14.0 Å². The molecular formula is C20H18N4O2S. The van der Waals surface area contributed by atoms with Gasteiger partial charge in [0.25, 0.3) is 0 Å². The molecule has 0 saturated carbocycles. The molecule has 1 N–H and O–H groups in total. The maximum atomic E-state index is 12.7. The summed E-state index contributed by atoms with van der Waals surface area (Å²) in [5.41, 5.74) is 4.19. The summed E-state index contributed by atoms with van der Waals surface area (Å²) in [5.74, 6) is 0.338. The maximum absolute atomic E-state index is 12.7. The first-order valence-corrected chi connectivity index (χ1v) is 9.40. The zero-order valence-electron chi connectivity index (χ0n) is 15.0. The second kappa shape index (κ2) is 6.85. The average molecular weight is 378 g/mol. The van der Waals surface area contributed by atoms with Gasteiger partial charge < -0.3 is 5.32 Å². The molecule has 0 fully saturated rings. The van der Waals surface area contributed by atoms with Crippen LogP contribution in [0.5, 0.6) is 0 Å². The highest BCUT2D eigenvalue weighted by atomic mass is 32.1. The summed E-state index contributed by atoms with van der Waals surface area (Å²) in [7, 11) is 0. The number of fused-ring (bicyclic) bond motifs is 1. The van der Waals surface area contributed by atoms with Gasteiger partial charge in [0.2, 0.25) is 5.91 Å². The van der Waals surface area contributed by atoms with Crippen LogP contribution in [-0.4, -0.2) is 19.9 Å². The molecule has 7 heteroatoms. The predicted octanol–water partition coefficient (Wildman–Crippen LogP) is 3.48. The molecule has 3 aromatic heterocycles. The number of carbonyl (C=O) groups is 1. The molecule has 3 heterocycles. The lowest BCUT2D eigenvalue weighted by molar-refractivity contribution is -0.116. The lowest BCUT2D eigenvalue weighted by Gasteiger charge is -2.09. The number of amides is 1. The Hall–Kier alpha value is -3.19. The Morgan fingerprint density at radius 1 is 1.15 bits per heavy atom. The molecule has 0 bridgehead atoms. The van der Waals surface area contributed by atoms with Gasteiger partial charge in [0.1, 0.15) is 23.7 Å². The molecule has 0 radical (unpaired) electrons. The highest BCUT2D eigenvalue weighted by Crippen LogP contribution is 2.29. The SMILES string of the molecule is Cc1ccc2nc(-c3ccccc3)c(NC(=O)Cn3c(C)csc3=O)n2c1. The fraction of sp³-hybridized carbons (Fsp3) is 0.150. The van der Waals surface area contributed by atoms with Crippen LogP contribution in [-0.2, 0) is 11.3 Å². The number of nitrogens with one attached hydrogen (secondary N) is 1. The third-order valence-electron chi connectivity index (χ3n) is 4.35. The number of nitrogens with zero attached hydrogens (tertiary/aromatic N) is 3. The monoisotopic (exact) mass is 378 g/mol. The van der Waals surface area contributed by atoms with E-state index < -0.39 is 0 Å². The summed E-state index contributed by atoms with van der Waals surface area (Å²) in [6.45, 7) is 3.78. The van der Waals surface area contributed by atoms with Gasteiger partial charge in [-0.05, 0) is 25.5 Å². The predicted molar refractivity (Wildman–Crippen MR) is 107 cm³/mol. The fourth-order valence-electron chi connectivity index (χ4n) is 2.98. The first-order valence-electron chi connectivity index (χ1n) is 8.52. The molecule has 0 atom stereocenters. The van der Waals surface area contributed by atoms with Crippen LogP contribution in [0.1, 0.15) is 11.3 Å². The van der Waals surface area contributed by atoms with Crippen molar-refractivity contribution in [3.05, 3.63) is 75.0 Å². The van der Waals surface area contributed by atoms with Gasteiger partial charge in [-0.15, -0.1) is 0 Å². The van der Waals surface area contributed by atoms with Gasteiger partial charge in [0.15, 0.2) is 0 Å². The Balaban J connectivity index is 1.76. The molecule has 1 amide bonds. The molecule has 0 unspecified atom stereocenters.